The first-order valence-electron chi connectivity index (χ1n) is 36.7. The fraction of sp³-hybridized carbons (Fsp3) is 0.943. The van der Waals surface area contributed by atoms with E-state index in [2.05, 4.69) is 27.7 Å². The molecule has 0 radical (unpaired) electrons. The number of hydrogen-bond donors (Lipinski definition) is 0. The molecule has 8 bridgehead atoms. The van der Waals surface area contributed by atoms with Crippen LogP contribution in [0.25, 0.3) is 0 Å². The smallest absolute Gasteiger partial charge is 0.322 e. The molecule has 0 aromatic heterocycles. The Morgan fingerprint density at radius 1 is 0.312 bits per heavy atom. The van der Waals surface area contributed by atoms with Crippen LogP contribution in [-0.2, 0) is 115 Å². The molecule has 4 unspecified atom stereocenters. The summed E-state index contributed by atoms with van der Waals surface area (Å²) in [6.45, 7) is 22.4. The van der Waals surface area contributed by atoms with Crippen LogP contribution in [0.2, 0.25) is 0 Å². The first-order chi connectivity index (χ1) is 45.7. The van der Waals surface area contributed by atoms with Crippen molar-refractivity contribution in [2.75, 3.05) is 39.3 Å². The highest BCUT2D eigenvalue weighted by molar-refractivity contribution is 5.76. The molecule has 4 aliphatic carbocycles. The molecule has 20 fully saturated rings. The van der Waals surface area contributed by atoms with Crippen LogP contribution in [0, 0.1) is 94.7 Å². The number of nitrogens with zero attached hydrogens (tertiary/aromatic N) is 2. The third-order valence-electron chi connectivity index (χ3n) is 27.5. The quantitative estimate of drug-likeness (QED) is 0.0844. The summed E-state index contributed by atoms with van der Waals surface area (Å²) in [5.41, 5.74) is -3.61. The second kappa shape index (κ2) is 24.4. The Morgan fingerprint density at radius 3 is 0.750 bits per heavy atom. The van der Waals surface area contributed by atoms with Crippen LogP contribution in [0.3, 0.4) is 0 Å². The molecule has 4 saturated carbocycles. The van der Waals surface area contributed by atoms with E-state index in [-0.39, 0.29) is 84.1 Å². The summed E-state index contributed by atoms with van der Waals surface area (Å²) in [5, 5.41) is 0. The van der Waals surface area contributed by atoms with Crippen molar-refractivity contribution in [2.24, 2.45) is 94.7 Å². The first kappa shape index (κ1) is 67.6. The van der Waals surface area contributed by atoms with Gasteiger partial charge in [0.15, 0.2) is 47.6 Å². The Hall–Kier alpha value is -2.84. The Balaban J connectivity index is 0.667. The fourth-order valence-corrected chi connectivity index (χ4v) is 22.1. The van der Waals surface area contributed by atoms with Gasteiger partial charge in [-0.3, -0.25) is 29.0 Å². The number of ether oxygens (including phenoxy) is 12. The van der Waals surface area contributed by atoms with Crippen LogP contribution in [0.15, 0.2) is 0 Å². The topological polar surface area (TPSA) is 259 Å². The van der Waals surface area contributed by atoms with E-state index in [1.807, 2.05) is 55.4 Å². The predicted octanol–water partition coefficient (Wildman–Crippen LogP) is 8.60. The molecule has 0 amide bonds. The van der Waals surface area contributed by atoms with Crippen molar-refractivity contribution in [1.82, 2.24) is 9.80 Å². The van der Waals surface area contributed by atoms with Gasteiger partial charge in [-0.05, 0) is 152 Å². The Bertz CT molecular complexity index is 2610. The van der Waals surface area contributed by atoms with Gasteiger partial charge in [0.05, 0.1) is 26.2 Å². The Kier molecular flexibility index (Phi) is 17.2. The van der Waals surface area contributed by atoms with Crippen LogP contribution >= 0.6 is 0 Å². The molecular formula is C70H104N2O24. The zero-order valence-corrected chi connectivity index (χ0v) is 58.1. The van der Waals surface area contributed by atoms with Gasteiger partial charge in [0.1, 0.15) is 0 Å². The first-order valence-corrected chi connectivity index (χ1v) is 36.7. The van der Waals surface area contributed by atoms with Gasteiger partial charge in [0, 0.05) is 86.1 Å². The monoisotopic (exact) mass is 1360 g/mol. The average Bonchev–Trinajstić information content (AvgIpc) is 1.35. The van der Waals surface area contributed by atoms with Gasteiger partial charge >= 0.3 is 23.9 Å². The van der Waals surface area contributed by atoms with E-state index in [9.17, 15) is 19.2 Å². The molecule has 26 nitrogen and oxygen atoms in total. The van der Waals surface area contributed by atoms with Crippen LogP contribution in [0.5, 0.6) is 0 Å². The van der Waals surface area contributed by atoms with Crippen LogP contribution < -0.4 is 0 Å². The van der Waals surface area contributed by atoms with Gasteiger partial charge in [0.25, 0.3) is 0 Å². The molecule has 0 aromatic rings. The van der Waals surface area contributed by atoms with Gasteiger partial charge in [-0.15, -0.1) is 0 Å². The van der Waals surface area contributed by atoms with E-state index >= 15 is 0 Å². The lowest BCUT2D eigenvalue weighted by Crippen LogP contribution is -2.70. The molecule has 0 N–H and O–H groups in total. The van der Waals surface area contributed by atoms with Crippen LogP contribution in [0.4, 0.5) is 0 Å². The number of rotatable bonds is 15. The number of carbonyl (C=O) groups is 4. The highest BCUT2D eigenvalue weighted by Crippen LogP contribution is 2.66. The third-order valence-corrected chi connectivity index (χ3v) is 27.5. The molecule has 32 atom stereocenters. The summed E-state index contributed by atoms with van der Waals surface area (Å²) in [5.74, 6) is -7.33. The second-order valence-corrected chi connectivity index (χ2v) is 33.5. The molecule has 538 valence electrons. The molecule has 26 heteroatoms. The predicted molar refractivity (Wildman–Crippen MR) is 325 cm³/mol. The van der Waals surface area contributed by atoms with Crippen molar-refractivity contribution in [1.29, 1.82) is 0 Å². The van der Waals surface area contributed by atoms with Gasteiger partial charge in [-0.2, -0.15) is 0 Å². The molecule has 20 aliphatic rings. The standard InChI is InChI=1S/C70H104N2O24/c1-35-13-17-47-39(5)55(81-59-67(47)43(35)21-25-63(9,85-59)89-93-67)77-51(73)31-71(32-52(74)78-56-40(6)48-18-14-36(2)44-22-26-64(10)86-60(82-56)68(44,48)94-90-64)29-30-72(33-53(75)79-57-41(7)49-19-15-37(3)45-23-27-65(11)87-61(83-57)69(45,49)95-91-65)34-54(76)80-58-42(8)50-20-16-38(4)46-24-28-66(12)88-62(84-58)70(46,50)96-92-66/h35-50,55-62H,13-34H2,1-12H3/t35-,36-,37-,38-,39-,40-,41-,42-,43+,44+,45+,46+,47+,48+,49+,50+,55?,56?,57?,58?,59-,60-,61-,62-,63+,64+,65+,66+,67-,68-,69-,70-/m1/s1. The van der Waals surface area contributed by atoms with E-state index in [1.54, 1.807) is 9.80 Å². The minimum absolute atomic E-state index is 0.0767. The maximum absolute atomic E-state index is 14.9. The summed E-state index contributed by atoms with van der Waals surface area (Å²) in [6, 6.07) is 0. The summed E-state index contributed by atoms with van der Waals surface area (Å²) in [6.07, 6.45) is 4.90. The Labute approximate surface area is 562 Å². The molecule has 16 heterocycles. The van der Waals surface area contributed by atoms with Crippen molar-refractivity contribution in [3.05, 3.63) is 0 Å². The van der Waals surface area contributed by atoms with Crippen LogP contribution in [0.1, 0.15) is 186 Å². The van der Waals surface area contributed by atoms with Crippen LogP contribution in [-0.4, -0.2) is 169 Å². The summed E-state index contributed by atoms with van der Waals surface area (Å²) >= 11 is 0. The highest BCUT2D eigenvalue weighted by Gasteiger charge is 2.75. The molecule has 96 heavy (non-hydrogen) atoms. The van der Waals surface area contributed by atoms with Crippen molar-refractivity contribution >= 4 is 23.9 Å². The minimum Gasteiger partial charge on any atom is -0.434 e. The summed E-state index contributed by atoms with van der Waals surface area (Å²) in [7, 11) is 0. The largest absolute Gasteiger partial charge is 0.434 e. The summed E-state index contributed by atoms with van der Waals surface area (Å²) < 4.78 is 78.8. The third kappa shape index (κ3) is 10.8. The van der Waals surface area contributed by atoms with E-state index in [0.29, 0.717) is 49.4 Å². The maximum Gasteiger partial charge on any atom is 0.322 e. The number of carbonyl (C=O) groups excluding carboxylic acids is 4. The van der Waals surface area contributed by atoms with Crippen molar-refractivity contribution in [3.8, 4) is 0 Å². The number of fused-ring (bicyclic) bond motifs is 8. The van der Waals surface area contributed by atoms with E-state index in [0.717, 1.165) is 77.0 Å². The molecule has 16 aliphatic heterocycles. The van der Waals surface area contributed by atoms with Gasteiger partial charge in [-0.25, -0.2) is 39.1 Å². The molecular weight excluding hydrogens is 1250 g/mol. The van der Waals surface area contributed by atoms with Crippen molar-refractivity contribution in [3.63, 3.8) is 0 Å². The van der Waals surface area contributed by atoms with Gasteiger partial charge in [0.2, 0.25) is 48.3 Å². The van der Waals surface area contributed by atoms with Gasteiger partial charge < -0.3 is 56.8 Å². The summed E-state index contributed by atoms with van der Waals surface area (Å²) in [4.78, 5) is 112. The normalized spacial score (nSPS) is 53.9. The molecule has 4 spiro atoms. The SMILES string of the molecule is C[C@@H]1CC[C@H]2[C@@H](C)C(OC(=O)CN(CCN(CC(=O)OC3O[C@@H]4O[C@]5(C)CC[C@H]6[C@H](C)CC[C@@H]([C@H]3C)[C@@]46OO5)CC(=O)OC3O[C@@H]4O[C@]5(C)CC[C@H]6[C@H](C)CC[C@@H]([C@H]3C)[C@@]46OO5)CC(=O)OC3O[C@@H]4O[C@]5(C)CC[C@H]6[C@H](C)CC[C@@H]([C@H]3C)[C@@]46OO5)O[C@@H]3O[C@]4(C)CC[C@@H]1[C@]32OO4. The number of esters is 4. The maximum atomic E-state index is 14.9. The Morgan fingerprint density at radius 2 is 0.531 bits per heavy atom. The molecule has 0 aromatic carbocycles. The lowest BCUT2D eigenvalue weighted by Gasteiger charge is -2.60. The number of hydrogen-bond acceptors (Lipinski definition) is 26. The fourth-order valence-electron chi connectivity index (χ4n) is 22.1. The van der Waals surface area contributed by atoms with Crippen molar-refractivity contribution in [2.45, 2.75) is 282 Å². The second-order valence-electron chi connectivity index (χ2n) is 33.5. The minimum atomic E-state index is -1.06. The zero-order valence-electron chi connectivity index (χ0n) is 58.1. The van der Waals surface area contributed by atoms with Crippen molar-refractivity contribution < 1.29 is 115 Å². The zero-order chi connectivity index (χ0) is 67.0. The van der Waals surface area contributed by atoms with E-state index in [1.165, 1.54) is 0 Å². The lowest BCUT2D eigenvalue weighted by atomic mass is 9.58. The molecule has 16 saturated heterocycles. The van der Waals surface area contributed by atoms with E-state index in [4.69, 9.17) is 95.9 Å². The average molecular weight is 1360 g/mol. The van der Waals surface area contributed by atoms with Gasteiger partial charge in [-0.1, -0.05) is 55.4 Å². The van der Waals surface area contributed by atoms with E-state index < -0.39 is 146 Å². The highest BCUT2D eigenvalue weighted by atomic mass is 17.3. The molecule has 20 rings (SSSR count). The lowest BCUT2D eigenvalue weighted by molar-refractivity contribution is -0.576.